The molecule has 25 heavy (non-hydrogen) atoms. The summed E-state index contributed by atoms with van der Waals surface area (Å²) in [6.45, 7) is 4.06. The first-order valence-corrected chi connectivity index (χ1v) is 8.53. The van der Waals surface area contributed by atoms with Crippen molar-refractivity contribution in [2.75, 3.05) is 0 Å². The van der Waals surface area contributed by atoms with E-state index in [1.807, 2.05) is 41.9 Å². The van der Waals surface area contributed by atoms with Crippen LogP contribution in [0.3, 0.4) is 0 Å². The number of carbonyl (C=O) groups excluding carboxylic acids is 1. The Morgan fingerprint density at radius 2 is 1.72 bits per heavy atom. The van der Waals surface area contributed by atoms with Crippen LogP contribution in [0.15, 0.2) is 54.6 Å². The average molecular weight is 334 g/mol. The van der Waals surface area contributed by atoms with Crippen molar-refractivity contribution in [1.29, 1.82) is 0 Å². The maximum Gasteiger partial charge on any atom is 0.170 e. The number of Topliss-reactive ketones (excluding diaryl/α,β-unsaturated/α-hetero) is 1. The van der Waals surface area contributed by atoms with E-state index in [-0.39, 0.29) is 23.4 Å². The van der Waals surface area contributed by atoms with Crippen LogP contribution in [0.4, 0.5) is 4.39 Å². The molecule has 4 rings (SSSR count). The van der Waals surface area contributed by atoms with Crippen LogP contribution in [0.2, 0.25) is 0 Å². The van der Waals surface area contributed by atoms with Gasteiger partial charge in [-0.25, -0.2) is 9.07 Å². The lowest BCUT2D eigenvalue weighted by atomic mass is 9.78. The second-order valence-corrected chi connectivity index (χ2v) is 6.76. The summed E-state index contributed by atoms with van der Waals surface area (Å²) in [6.07, 6.45) is 0.774. The van der Waals surface area contributed by atoms with E-state index >= 15 is 0 Å². The number of aromatic nitrogens is 2. The average Bonchev–Trinajstić information content (AvgIpc) is 3.00. The molecular formula is C21H19FN2O. The monoisotopic (exact) mass is 334 g/mol. The molecule has 0 saturated carbocycles. The summed E-state index contributed by atoms with van der Waals surface area (Å²) >= 11 is 0. The van der Waals surface area contributed by atoms with Crippen LogP contribution in [-0.2, 0) is 6.42 Å². The minimum absolute atomic E-state index is 0.0416. The molecule has 3 aromatic rings. The lowest BCUT2D eigenvalue weighted by molar-refractivity contribution is 0.0877. The Labute approximate surface area is 146 Å². The first-order chi connectivity index (χ1) is 12.1. The lowest BCUT2D eigenvalue weighted by Crippen LogP contribution is -2.27. The molecule has 0 radical (unpaired) electrons. The normalized spacial score (nSPS) is 19.7. The zero-order chi connectivity index (χ0) is 17.6. The molecule has 0 fully saturated rings. The van der Waals surface area contributed by atoms with Gasteiger partial charge >= 0.3 is 0 Å². The topological polar surface area (TPSA) is 34.9 Å². The first-order valence-electron chi connectivity index (χ1n) is 8.53. The molecule has 0 spiro atoms. The Hall–Kier alpha value is -2.75. The van der Waals surface area contributed by atoms with E-state index in [1.165, 1.54) is 12.1 Å². The summed E-state index contributed by atoms with van der Waals surface area (Å²) in [5, 5.41) is 4.76. The number of hydrogen-bond acceptors (Lipinski definition) is 2. The summed E-state index contributed by atoms with van der Waals surface area (Å²) < 4.78 is 15.2. The van der Waals surface area contributed by atoms with Crippen LogP contribution in [0.25, 0.3) is 16.9 Å². The summed E-state index contributed by atoms with van der Waals surface area (Å²) in [4.78, 5) is 13.0. The molecular weight excluding hydrogens is 315 g/mol. The molecule has 0 unspecified atom stereocenters. The summed E-state index contributed by atoms with van der Waals surface area (Å²) in [5.74, 6) is 0.0484. The van der Waals surface area contributed by atoms with E-state index in [1.54, 1.807) is 12.1 Å². The van der Waals surface area contributed by atoms with E-state index in [2.05, 4.69) is 6.92 Å². The second-order valence-electron chi connectivity index (χ2n) is 6.76. The quantitative estimate of drug-likeness (QED) is 0.681. The number of hydrogen-bond donors (Lipinski definition) is 0. The number of carbonyl (C=O) groups is 1. The lowest BCUT2D eigenvalue weighted by Gasteiger charge is -2.23. The van der Waals surface area contributed by atoms with Gasteiger partial charge in [-0.2, -0.15) is 5.10 Å². The molecule has 1 heterocycles. The van der Waals surface area contributed by atoms with Crippen LogP contribution in [0, 0.1) is 17.7 Å². The molecule has 4 heteroatoms. The van der Waals surface area contributed by atoms with Crippen molar-refractivity contribution in [3.05, 3.63) is 71.7 Å². The van der Waals surface area contributed by atoms with E-state index in [9.17, 15) is 9.18 Å². The van der Waals surface area contributed by atoms with Crippen molar-refractivity contribution >= 4 is 5.78 Å². The third-order valence-electron chi connectivity index (χ3n) is 5.11. The van der Waals surface area contributed by atoms with Gasteiger partial charge in [0, 0.05) is 11.5 Å². The minimum atomic E-state index is -0.295. The number of nitrogens with zero attached hydrogens (tertiary/aromatic N) is 2. The first kappa shape index (κ1) is 15.8. The van der Waals surface area contributed by atoms with Crippen molar-refractivity contribution < 1.29 is 9.18 Å². The highest BCUT2D eigenvalue weighted by Gasteiger charge is 2.36. The SMILES string of the molecule is C[C@@H]1Cc2nn(-c3ccccc3)c(-c3ccc(F)cc3)c2C(=O)[C@@H]1C. The second kappa shape index (κ2) is 5.96. The predicted molar refractivity (Wildman–Crippen MR) is 95.3 cm³/mol. The Kier molecular flexibility index (Phi) is 3.75. The van der Waals surface area contributed by atoms with Crippen molar-refractivity contribution in [3.63, 3.8) is 0 Å². The van der Waals surface area contributed by atoms with Crippen LogP contribution < -0.4 is 0 Å². The van der Waals surface area contributed by atoms with Gasteiger partial charge in [-0.1, -0.05) is 32.0 Å². The standard InChI is InChI=1S/C21H19FN2O/c1-13-12-18-19(21(25)14(13)2)20(15-8-10-16(22)11-9-15)24(23-18)17-6-4-3-5-7-17/h3-11,13-14H,12H2,1-2H3/t13-,14-/m1/s1. The van der Waals surface area contributed by atoms with Crippen LogP contribution >= 0.6 is 0 Å². The fraction of sp³-hybridized carbons (Fsp3) is 0.238. The number of benzene rings is 2. The van der Waals surface area contributed by atoms with Gasteiger partial charge in [0.05, 0.1) is 22.6 Å². The van der Waals surface area contributed by atoms with Gasteiger partial charge in [0.15, 0.2) is 5.78 Å². The fourth-order valence-electron chi connectivity index (χ4n) is 3.46. The molecule has 0 saturated heterocycles. The Morgan fingerprint density at radius 1 is 1.04 bits per heavy atom. The largest absolute Gasteiger partial charge is 0.294 e. The molecule has 126 valence electrons. The molecule has 1 aromatic heterocycles. The maximum absolute atomic E-state index is 13.4. The third kappa shape index (κ3) is 2.58. The maximum atomic E-state index is 13.4. The van der Waals surface area contributed by atoms with Gasteiger partial charge in [0.25, 0.3) is 0 Å². The molecule has 0 bridgehead atoms. The van der Waals surface area contributed by atoms with Crippen molar-refractivity contribution in [1.82, 2.24) is 9.78 Å². The van der Waals surface area contributed by atoms with Crippen LogP contribution in [0.1, 0.15) is 29.9 Å². The van der Waals surface area contributed by atoms with E-state index in [0.717, 1.165) is 29.1 Å². The third-order valence-corrected chi connectivity index (χ3v) is 5.11. The number of para-hydroxylation sites is 1. The van der Waals surface area contributed by atoms with E-state index < -0.39 is 0 Å². The van der Waals surface area contributed by atoms with Gasteiger partial charge in [0.1, 0.15) is 5.82 Å². The summed E-state index contributed by atoms with van der Waals surface area (Å²) in [5.41, 5.74) is 3.96. The Balaban J connectivity index is 2.00. The van der Waals surface area contributed by atoms with Gasteiger partial charge in [-0.3, -0.25) is 4.79 Å². The molecule has 0 N–H and O–H groups in total. The highest BCUT2D eigenvalue weighted by molar-refractivity contribution is 6.05. The molecule has 1 aliphatic carbocycles. The smallest absolute Gasteiger partial charge is 0.170 e. The molecule has 2 atom stereocenters. The Bertz CT molecular complexity index is 929. The van der Waals surface area contributed by atoms with E-state index in [0.29, 0.717) is 5.56 Å². The van der Waals surface area contributed by atoms with Gasteiger partial charge in [0.2, 0.25) is 0 Å². The highest BCUT2D eigenvalue weighted by Crippen LogP contribution is 2.37. The number of fused-ring (bicyclic) bond motifs is 1. The molecule has 0 amide bonds. The van der Waals surface area contributed by atoms with Gasteiger partial charge in [-0.15, -0.1) is 0 Å². The fourth-order valence-corrected chi connectivity index (χ4v) is 3.46. The van der Waals surface area contributed by atoms with Crippen LogP contribution in [0.5, 0.6) is 0 Å². The zero-order valence-corrected chi connectivity index (χ0v) is 14.2. The molecule has 0 aliphatic heterocycles. The Morgan fingerprint density at radius 3 is 2.40 bits per heavy atom. The van der Waals surface area contributed by atoms with E-state index in [4.69, 9.17) is 5.10 Å². The number of rotatable bonds is 2. The highest BCUT2D eigenvalue weighted by atomic mass is 19.1. The van der Waals surface area contributed by atoms with Crippen molar-refractivity contribution in [3.8, 4) is 16.9 Å². The van der Waals surface area contributed by atoms with Crippen LogP contribution in [-0.4, -0.2) is 15.6 Å². The number of halogens is 1. The summed E-state index contributed by atoms with van der Waals surface area (Å²) in [7, 11) is 0. The van der Waals surface area contributed by atoms with Gasteiger partial charge < -0.3 is 0 Å². The summed E-state index contributed by atoms with van der Waals surface area (Å²) in [6, 6.07) is 16.0. The van der Waals surface area contributed by atoms with Crippen molar-refractivity contribution in [2.45, 2.75) is 20.3 Å². The zero-order valence-electron chi connectivity index (χ0n) is 14.2. The predicted octanol–water partition coefficient (Wildman–Crippen LogP) is 4.69. The minimum Gasteiger partial charge on any atom is -0.294 e. The molecule has 1 aliphatic rings. The molecule has 3 nitrogen and oxygen atoms in total. The van der Waals surface area contributed by atoms with Gasteiger partial charge in [-0.05, 0) is 48.7 Å². The molecule has 2 aromatic carbocycles. The number of ketones is 1. The van der Waals surface area contributed by atoms with Crippen molar-refractivity contribution in [2.24, 2.45) is 11.8 Å².